The highest BCUT2D eigenvalue weighted by molar-refractivity contribution is 5.89. The van der Waals surface area contributed by atoms with Gasteiger partial charge in [-0.25, -0.2) is 4.79 Å². The number of ether oxygens (including phenoxy) is 1. The van der Waals surface area contributed by atoms with E-state index in [0.29, 0.717) is 18.2 Å². The second-order valence-electron chi connectivity index (χ2n) is 4.51. The van der Waals surface area contributed by atoms with Crippen molar-refractivity contribution in [3.63, 3.8) is 0 Å². The van der Waals surface area contributed by atoms with Crippen molar-refractivity contribution in [2.45, 2.75) is 19.9 Å². The van der Waals surface area contributed by atoms with E-state index < -0.39 is 0 Å². The van der Waals surface area contributed by atoms with E-state index in [1.165, 1.54) is 0 Å². The van der Waals surface area contributed by atoms with Gasteiger partial charge in [-0.1, -0.05) is 0 Å². The fraction of sp³-hybridized carbons (Fsp3) is 0.500. The molecule has 0 saturated carbocycles. The minimum Gasteiger partial charge on any atom is -0.462 e. The first-order chi connectivity index (χ1) is 8.72. The number of carbonyl (C=O) groups excluding carboxylic acids is 1. The summed E-state index contributed by atoms with van der Waals surface area (Å²) in [5.41, 5.74) is 1.78. The quantitative estimate of drug-likeness (QED) is 0.826. The van der Waals surface area contributed by atoms with Gasteiger partial charge in [-0.05, 0) is 38.1 Å². The molecule has 2 rings (SSSR count). The summed E-state index contributed by atoms with van der Waals surface area (Å²) in [5.74, 6) is -0.252. The lowest BCUT2D eigenvalue weighted by atomic mass is 10.1. The molecule has 0 amide bonds. The van der Waals surface area contributed by atoms with Crippen LogP contribution in [0.5, 0.6) is 0 Å². The van der Waals surface area contributed by atoms with Crippen LogP contribution < -0.4 is 10.2 Å². The van der Waals surface area contributed by atoms with Crippen LogP contribution in [0.25, 0.3) is 0 Å². The summed E-state index contributed by atoms with van der Waals surface area (Å²) in [4.78, 5) is 13.9. The summed E-state index contributed by atoms with van der Waals surface area (Å²) >= 11 is 0. The Labute approximate surface area is 108 Å². The third kappa shape index (κ3) is 2.82. The third-order valence-electron chi connectivity index (χ3n) is 3.21. The first kappa shape index (κ1) is 12.9. The molecular weight excluding hydrogens is 228 g/mol. The zero-order valence-electron chi connectivity index (χ0n) is 11.0. The van der Waals surface area contributed by atoms with Crippen LogP contribution >= 0.6 is 0 Å². The molecule has 1 aliphatic heterocycles. The highest BCUT2D eigenvalue weighted by atomic mass is 16.5. The molecule has 4 heteroatoms. The molecule has 1 fully saturated rings. The zero-order valence-corrected chi connectivity index (χ0v) is 11.0. The molecule has 0 bridgehead atoms. The average molecular weight is 248 g/mol. The average Bonchev–Trinajstić information content (AvgIpc) is 2.40. The molecule has 1 aromatic rings. The van der Waals surface area contributed by atoms with Crippen LogP contribution in [-0.4, -0.2) is 38.3 Å². The minimum atomic E-state index is -0.252. The van der Waals surface area contributed by atoms with Crippen molar-refractivity contribution in [1.82, 2.24) is 5.32 Å². The molecule has 18 heavy (non-hydrogen) atoms. The number of nitrogens with one attached hydrogen (secondary N) is 1. The second-order valence-corrected chi connectivity index (χ2v) is 4.51. The molecule has 0 radical (unpaired) electrons. The van der Waals surface area contributed by atoms with Crippen LogP contribution in [0, 0.1) is 0 Å². The summed E-state index contributed by atoms with van der Waals surface area (Å²) in [6.45, 7) is 7.43. The van der Waals surface area contributed by atoms with Gasteiger partial charge in [0.25, 0.3) is 0 Å². The van der Waals surface area contributed by atoms with E-state index in [-0.39, 0.29) is 5.97 Å². The predicted octanol–water partition coefficient (Wildman–Crippen LogP) is 1.66. The maximum absolute atomic E-state index is 11.6. The number of esters is 1. The number of benzene rings is 1. The third-order valence-corrected chi connectivity index (χ3v) is 3.21. The molecule has 0 aliphatic carbocycles. The summed E-state index contributed by atoms with van der Waals surface area (Å²) in [6.07, 6.45) is 0. The summed E-state index contributed by atoms with van der Waals surface area (Å²) in [5, 5.41) is 3.36. The Morgan fingerprint density at radius 2 is 2.17 bits per heavy atom. The number of rotatable bonds is 3. The van der Waals surface area contributed by atoms with E-state index in [1.54, 1.807) is 0 Å². The molecule has 0 spiro atoms. The fourth-order valence-corrected chi connectivity index (χ4v) is 2.23. The standard InChI is InChI=1S/C14H20N2O2/c1-3-18-14(17)12-4-6-13(7-5-12)16-9-8-15-10-11(16)2/h4-7,11,15H,3,8-10H2,1-2H3. The molecule has 1 heterocycles. The van der Waals surface area contributed by atoms with Crippen LogP contribution in [0.4, 0.5) is 5.69 Å². The molecule has 1 atom stereocenters. The maximum atomic E-state index is 11.6. The van der Waals surface area contributed by atoms with Crippen molar-refractivity contribution in [3.05, 3.63) is 29.8 Å². The molecular formula is C14H20N2O2. The minimum absolute atomic E-state index is 0.252. The molecule has 1 N–H and O–H groups in total. The van der Waals surface area contributed by atoms with Gasteiger partial charge < -0.3 is 15.0 Å². The largest absolute Gasteiger partial charge is 0.462 e. The van der Waals surface area contributed by atoms with Gasteiger partial charge in [0.2, 0.25) is 0 Å². The Morgan fingerprint density at radius 1 is 1.44 bits per heavy atom. The smallest absolute Gasteiger partial charge is 0.338 e. The lowest BCUT2D eigenvalue weighted by Gasteiger charge is -2.35. The summed E-state index contributed by atoms with van der Waals surface area (Å²) in [7, 11) is 0. The highest BCUT2D eigenvalue weighted by Crippen LogP contribution is 2.19. The molecule has 1 aliphatic rings. The molecule has 4 nitrogen and oxygen atoms in total. The van der Waals surface area contributed by atoms with Gasteiger partial charge in [-0.3, -0.25) is 0 Å². The number of nitrogens with zero attached hydrogens (tertiary/aromatic N) is 1. The molecule has 1 aromatic carbocycles. The molecule has 1 unspecified atom stereocenters. The van der Waals surface area contributed by atoms with Gasteiger partial charge in [-0.2, -0.15) is 0 Å². The van der Waals surface area contributed by atoms with E-state index in [9.17, 15) is 4.79 Å². The monoisotopic (exact) mass is 248 g/mol. The van der Waals surface area contributed by atoms with Gasteiger partial charge in [0.05, 0.1) is 12.2 Å². The van der Waals surface area contributed by atoms with Gasteiger partial charge in [0.15, 0.2) is 0 Å². The van der Waals surface area contributed by atoms with Gasteiger partial charge in [-0.15, -0.1) is 0 Å². The number of carbonyl (C=O) groups is 1. The van der Waals surface area contributed by atoms with Crippen molar-refractivity contribution in [1.29, 1.82) is 0 Å². The maximum Gasteiger partial charge on any atom is 0.338 e. The Kier molecular flexibility index (Phi) is 4.20. The molecule has 0 aromatic heterocycles. The number of anilines is 1. The predicted molar refractivity (Wildman–Crippen MR) is 72.1 cm³/mol. The first-order valence-electron chi connectivity index (χ1n) is 6.47. The van der Waals surface area contributed by atoms with Crippen molar-refractivity contribution in [2.24, 2.45) is 0 Å². The van der Waals surface area contributed by atoms with E-state index >= 15 is 0 Å². The van der Waals surface area contributed by atoms with Gasteiger partial charge in [0.1, 0.15) is 0 Å². The number of piperazine rings is 1. The van der Waals surface area contributed by atoms with E-state index in [1.807, 2.05) is 31.2 Å². The number of hydrogen-bond donors (Lipinski definition) is 1. The van der Waals surface area contributed by atoms with Crippen molar-refractivity contribution < 1.29 is 9.53 Å². The summed E-state index contributed by atoms with van der Waals surface area (Å²) in [6, 6.07) is 8.14. The van der Waals surface area contributed by atoms with Crippen molar-refractivity contribution in [2.75, 3.05) is 31.1 Å². The van der Waals surface area contributed by atoms with Crippen molar-refractivity contribution >= 4 is 11.7 Å². The van der Waals surface area contributed by atoms with Gasteiger partial charge in [0, 0.05) is 31.4 Å². The number of hydrogen-bond acceptors (Lipinski definition) is 4. The molecule has 98 valence electrons. The van der Waals surface area contributed by atoms with Crippen LogP contribution in [-0.2, 0) is 4.74 Å². The lowest BCUT2D eigenvalue weighted by Crippen LogP contribution is -2.49. The second kappa shape index (κ2) is 5.87. The topological polar surface area (TPSA) is 41.6 Å². The lowest BCUT2D eigenvalue weighted by molar-refractivity contribution is 0.0526. The van der Waals surface area contributed by atoms with E-state index in [4.69, 9.17) is 4.74 Å². The van der Waals surface area contributed by atoms with Crippen LogP contribution in [0.2, 0.25) is 0 Å². The van der Waals surface area contributed by atoms with Crippen LogP contribution in [0.15, 0.2) is 24.3 Å². The fourth-order valence-electron chi connectivity index (χ4n) is 2.23. The van der Waals surface area contributed by atoms with Crippen molar-refractivity contribution in [3.8, 4) is 0 Å². The van der Waals surface area contributed by atoms with Gasteiger partial charge >= 0.3 is 5.97 Å². The SMILES string of the molecule is CCOC(=O)c1ccc(N2CCNCC2C)cc1. The van der Waals surface area contributed by atoms with Crippen LogP contribution in [0.1, 0.15) is 24.2 Å². The molecule has 1 saturated heterocycles. The Morgan fingerprint density at radius 3 is 2.78 bits per heavy atom. The Bertz CT molecular complexity index is 403. The Balaban J connectivity index is 2.09. The highest BCUT2D eigenvalue weighted by Gasteiger charge is 2.18. The van der Waals surface area contributed by atoms with E-state index in [2.05, 4.69) is 17.1 Å². The van der Waals surface area contributed by atoms with Crippen LogP contribution in [0.3, 0.4) is 0 Å². The van der Waals surface area contributed by atoms with E-state index in [0.717, 1.165) is 25.3 Å². The first-order valence-corrected chi connectivity index (χ1v) is 6.47. The Hall–Kier alpha value is -1.55. The normalized spacial score (nSPS) is 19.7. The summed E-state index contributed by atoms with van der Waals surface area (Å²) < 4.78 is 4.97. The zero-order chi connectivity index (χ0) is 13.0.